The van der Waals surface area contributed by atoms with Gasteiger partial charge >= 0.3 is 0 Å². The summed E-state index contributed by atoms with van der Waals surface area (Å²) in [6.45, 7) is 4.27. The molecule has 0 spiro atoms. The fourth-order valence-electron chi connectivity index (χ4n) is 3.23. The molecule has 152 valence electrons. The maximum Gasteiger partial charge on any atom is 0.259 e. The normalized spacial score (nSPS) is 14.1. The molecule has 7 nitrogen and oxygen atoms in total. The smallest absolute Gasteiger partial charge is 0.259 e. The van der Waals surface area contributed by atoms with Crippen molar-refractivity contribution in [3.05, 3.63) is 26.6 Å². The zero-order valence-corrected chi connectivity index (χ0v) is 17.9. The molecule has 0 bridgehead atoms. The van der Waals surface area contributed by atoms with Gasteiger partial charge in [0.1, 0.15) is 16.7 Å². The van der Waals surface area contributed by atoms with Crippen LogP contribution in [0.2, 0.25) is 0 Å². The molecule has 28 heavy (non-hydrogen) atoms. The average Bonchev–Trinajstić information content (AvgIpc) is 3.23. The van der Waals surface area contributed by atoms with E-state index in [1.807, 2.05) is 6.92 Å². The van der Waals surface area contributed by atoms with E-state index in [0.29, 0.717) is 30.3 Å². The van der Waals surface area contributed by atoms with Crippen molar-refractivity contribution in [2.45, 2.75) is 57.7 Å². The molecule has 9 heteroatoms. The molecule has 2 heterocycles. The second-order valence-electron chi connectivity index (χ2n) is 6.93. The molecule has 0 aliphatic heterocycles. The number of rotatable bonds is 9. The molecule has 0 radical (unpaired) electrons. The maximum atomic E-state index is 12.4. The van der Waals surface area contributed by atoms with E-state index in [1.54, 1.807) is 30.0 Å². The number of fused-ring (bicyclic) bond motifs is 3. The molecule has 0 aromatic carbocycles. The topological polar surface area (TPSA) is 104 Å². The molecule has 2 aromatic rings. The first-order chi connectivity index (χ1) is 13.5. The number of aromatic amines is 1. The lowest BCUT2D eigenvalue weighted by Crippen LogP contribution is -2.45. The summed E-state index contributed by atoms with van der Waals surface area (Å²) in [6.07, 6.45) is 4.31. The average molecular weight is 423 g/mol. The fraction of sp³-hybridized carbons (Fsp3) is 0.579. The van der Waals surface area contributed by atoms with Crippen LogP contribution < -0.4 is 16.2 Å². The summed E-state index contributed by atoms with van der Waals surface area (Å²) in [6, 6.07) is -0.537. The van der Waals surface area contributed by atoms with Crippen molar-refractivity contribution >= 4 is 45.1 Å². The molecule has 2 amide bonds. The van der Waals surface area contributed by atoms with Gasteiger partial charge in [0.05, 0.1) is 11.1 Å². The molecule has 1 aliphatic rings. The number of hydrogen-bond donors (Lipinski definition) is 3. The Bertz CT molecular complexity index is 922. The van der Waals surface area contributed by atoms with E-state index in [1.165, 1.54) is 10.4 Å². The minimum Gasteiger partial charge on any atom is -0.354 e. The second-order valence-corrected chi connectivity index (χ2v) is 9.12. The van der Waals surface area contributed by atoms with Crippen molar-refractivity contribution in [2.24, 2.45) is 0 Å². The zero-order valence-electron chi connectivity index (χ0n) is 16.2. The summed E-state index contributed by atoms with van der Waals surface area (Å²) in [5.41, 5.74) is 1.13. The number of thioether (sulfide) groups is 1. The quantitative estimate of drug-likeness (QED) is 0.537. The number of aromatic nitrogens is 2. The first-order valence-electron chi connectivity index (χ1n) is 9.67. The van der Waals surface area contributed by atoms with Crippen LogP contribution in [0.4, 0.5) is 0 Å². The monoisotopic (exact) mass is 422 g/mol. The highest BCUT2D eigenvalue weighted by molar-refractivity contribution is 7.98. The fourth-order valence-corrected chi connectivity index (χ4v) is 5.31. The van der Waals surface area contributed by atoms with Crippen LogP contribution in [0.15, 0.2) is 4.79 Å². The van der Waals surface area contributed by atoms with Gasteiger partial charge in [-0.15, -0.1) is 11.3 Å². The lowest BCUT2D eigenvalue weighted by Gasteiger charge is -2.13. The summed E-state index contributed by atoms with van der Waals surface area (Å²) in [4.78, 5) is 45.8. The van der Waals surface area contributed by atoms with Crippen LogP contribution in [-0.4, -0.2) is 40.1 Å². The highest BCUT2D eigenvalue weighted by Gasteiger charge is 2.21. The van der Waals surface area contributed by atoms with Crippen molar-refractivity contribution in [3.8, 4) is 0 Å². The van der Waals surface area contributed by atoms with Gasteiger partial charge in [-0.1, -0.05) is 6.92 Å². The molecule has 3 N–H and O–H groups in total. The van der Waals surface area contributed by atoms with Gasteiger partial charge in [0, 0.05) is 23.6 Å². The molecule has 2 aromatic heterocycles. The van der Waals surface area contributed by atoms with Gasteiger partial charge in [0.25, 0.3) is 5.56 Å². The molecule has 1 atom stereocenters. The standard InChI is InChI=1S/C19H26N4O3S2/c1-3-8-20-17(25)11(2)21-15(24)7-9-27-10-14-22-18(26)16-12-5-4-6-13(12)28-19(16)23-14/h11H,3-10H2,1-2H3,(H,20,25)(H,21,24)(H,22,23,26). The third-order valence-corrected chi connectivity index (χ3v) is 6.81. The highest BCUT2D eigenvalue weighted by Crippen LogP contribution is 2.34. The van der Waals surface area contributed by atoms with Crippen LogP contribution in [0.5, 0.6) is 0 Å². The molecule has 1 unspecified atom stereocenters. The van der Waals surface area contributed by atoms with E-state index in [-0.39, 0.29) is 17.4 Å². The van der Waals surface area contributed by atoms with Crippen molar-refractivity contribution < 1.29 is 9.59 Å². The van der Waals surface area contributed by atoms with E-state index in [9.17, 15) is 14.4 Å². The molecule has 0 saturated heterocycles. The van der Waals surface area contributed by atoms with Crippen molar-refractivity contribution in [2.75, 3.05) is 12.3 Å². The molecular formula is C19H26N4O3S2. The van der Waals surface area contributed by atoms with Crippen LogP contribution in [0.3, 0.4) is 0 Å². The van der Waals surface area contributed by atoms with Crippen molar-refractivity contribution in [3.63, 3.8) is 0 Å². The van der Waals surface area contributed by atoms with Crippen molar-refractivity contribution in [1.29, 1.82) is 0 Å². The zero-order chi connectivity index (χ0) is 20.1. The number of carbonyl (C=O) groups excluding carboxylic acids is 2. The van der Waals surface area contributed by atoms with E-state index in [2.05, 4.69) is 20.6 Å². The van der Waals surface area contributed by atoms with Gasteiger partial charge in [-0.3, -0.25) is 14.4 Å². The predicted octanol–water partition coefficient (Wildman–Crippen LogP) is 2.13. The summed E-state index contributed by atoms with van der Waals surface area (Å²) in [7, 11) is 0. The lowest BCUT2D eigenvalue weighted by molar-refractivity contribution is -0.128. The largest absolute Gasteiger partial charge is 0.354 e. The number of H-pyrrole nitrogens is 1. The first-order valence-corrected chi connectivity index (χ1v) is 11.6. The van der Waals surface area contributed by atoms with Crippen LogP contribution >= 0.6 is 23.1 Å². The van der Waals surface area contributed by atoms with E-state index < -0.39 is 6.04 Å². The van der Waals surface area contributed by atoms with Gasteiger partial charge in [-0.2, -0.15) is 11.8 Å². The first kappa shape index (κ1) is 20.9. The molecule has 3 rings (SSSR count). The minimum atomic E-state index is -0.537. The molecule has 0 saturated carbocycles. The number of thiophene rings is 1. The summed E-state index contributed by atoms with van der Waals surface area (Å²) in [5, 5.41) is 6.23. The number of aryl methyl sites for hydroxylation is 2. The third-order valence-electron chi connectivity index (χ3n) is 4.66. The molecule has 1 aliphatic carbocycles. The van der Waals surface area contributed by atoms with E-state index >= 15 is 0 Å². The Balaban J connectivity index is 1.46. The van der Waals surface area contributed by atoms with Gasteiger partial charge in [0.2, 0.25) is 11.8 Å². The Morgan fingerprint density at radius 3 is 2.96 bits per heavy atom. The van der Waals surface area contributed by atoms with E-state index in [0.717, 1.165) is 35.9 Å². The second kappa shape index (κ2) is 9.56. The summed E-state index contributed by atoms with van der Waals surface area (Å²) >= 11 is 3.17. The lowest BCUT2D eigenvalue weighted by atomic mass is 10.2. The van der Waals surface area contributed by atoms with E-state index in [4.69, 9.17) is 0 Å². The molecule has 0 fully saturated rings. The van der Waals surface area contributed by atoms with Crippen LogP contribution in [0.1, 0.15) is 49.4 Å². The number of nitrogens with one attached hydrogen (secondary N) is 3. The number of nitrogens with zero attached hydrogens (tertiary/aromatic N) is 1. The number of hydrogen-bond acceptors (Lipinski definition) is 6. The van der Waals surface area contributed by atoms with Crippen LogP contribution in [0, 0.1) is 0 Å². The Kier molecular flexibility index (Phi) is 7.12. The third kappa shape index (κ3) is 4.94. The highest BCUT2D eigenvalue weighted by atomic mass is 32.2. The van der Waals surface area contributed by atoms with Crippen LogP contribution in [0.25, 0.3) is 10.2 Å². The van der Waals surface area contributed by atoms with Gasteiger partial charge < -0.3 is 15.6 Å². The number of amides is 2. The van der Waals surface area contributed by atoms with Gasteiger partial charge in [0.15, 0.2) is 0 Å². The Morgan fingerprint density at radius 1 is 1.36 bits per heavy atom. The van der Waals surface area contributed by atoms with Gasteiger partial charge in [-0.05, 0) is 38.2 Å². The maximum absolute atomic E-state index is 12.4. The SMILES string of the molecule is CCCNC(=O)C(C)NC(=O)CCSCc1nc2sc3c(c2c(=O)[nH]1)CCC3. The van der Waals surface area contributed by atoms with Crippen molar-refractivity contribution in [1.82, 2.24) is 20.6 Å². The Labute approximate surface area is 172 Å². The predicted molar refractivity (Wildman–Crippen MR) is 114 cm³/mol. The summed E-state index contributed by atoms with van der Waals surface area (Å²) in [5.74, 6) is 1.47. The van der Waals surface area contributed by atoms with Gasteiger partial charge in [-0.25, -0.2) is 4.98 Å². The Hall–Kier alpha value is -1.87. The molecular weight excluding hydrogens is 396 g/mol. The van der Waals surface area contributed by atoms with Crippen LogP contribution in [-0.2, 0) is 28.2 Å². The summed E-state index contributed by atoms with van der Waals surface area (Å²) < 4.78 is 0. The Morgan fingerprint density at radius 2 is 2.18 bits per heavy atom. The number of carbonyl (C=O) groups is 2. The minimum absolute atomic E-state index is 0.0512.